The van der Waals surface area contributed by atoms with Gasteiger partial charge in [-0.3, -0.25) is 0 Å². The lowest BCUT2D eigenvalue weighted by atomic mass is 9.93. The van der Waals surface area contributed by atoms with Crippen molar-refractivity contribution in [1.82, 2.24) is 0 Å². The van der Waals surface area contributed by atoms with Crippen LogP contribution in [0.15, 0.2) is 224 Å². The van der Waals surface area contributed by atoms with Crippen LogP contribution >= 0.6 is 11.3 Å². The van der Waals surface area contributed by atoms with E-state index < -0.39 is 0 Å². The van der Waals surface area contributed by atoms with Gasteiger partial charge in [-0.2, -0.15) is 0 Å². The Bertz CT molecular complexity index is 3250. The van der Waals surface area contributed by atoms with E-state index in [2.05, 4.69) is 229 Å². The van der Waals surface area contributed by atoms with Gasteiger partial charge in [0.2, 0.25) is 0 Å². The molecule has 10 aromatic carbocycles. The summed E-state index contributed by atoms with van der Waals surface area (Å²) >= 11 is 1.88. The van der Waals surface area contributed by atoms with Gasteiger partial charge >= 0.3 is 0 Å². The van der Waals surface area contributed by atoms with Crippen LogP contribution in [0.5, 0.6) is 0 Å². The molecule has 0 aliphatic rings. The Morgan fingerprint density at radius 2 is 0.759 bits per heavy atom. The summed E-state index contributed by atoms with van der Waals surface area (Å²) in [6.07, 6.45) is 0. The lowest BCUT2D eigenvalue weighted by molar-refractivity contribution is 1.30. The maximum Gasteiger partial charge on any atom is 0.0546 e. The number of hydrogen-bond acceptors (Lipinski definition) is 2. The third-order valence-electron chi connectivity index (χ3n) is 11.5. The lowest BCUT2D eigenvalue weighted by Crippen LogP contribution is -2.10. The molecule has 0 saturated carbocycles. The van der Waals surface area contributed by atoms with Crippen molar-refractivity contribution < 1.29 is 0 Å². The SMILES string of the molecule is c1ccc(-c2ccccc2-c2ccc(-c3ccc(N(c4ccc(-c5cccc6c5sc5ccccc56)cc4)c4cc5ccccc5c5ccccc45)cc3)cc2)cc1. The quantitative estimate of drug-likeness (QED) is 0.146. The third-order valence-corrected chi connectivity index (χ3v) is 12.7. The molecular formula is C56H37NS. The van der Waals surface area contributed by atoms with Crippen molar-refractivity contribution in [2.24, 2.45) is 0 Å². The van der Waals surface area contributed by atoms with Gasteiger partial charge in [0.25, 0.3) is 0 Å². The van der Waals surface area contributed by atoms with Crippen LogP contribution in [0, 0.1) is 0 Å². The van der Waals surface area contributed by atoms with Gasteiger partial charge in [0, 0.05) is 36.9 Å². The molecule has 58 heavy (non-hydrogen) atoms. The van der Waals surface area contributed by atoms with E-state index in [1.807, 2.05) is 11.3 Å². The molecule has 1 nitrogen and oxygen atoms in total. The van der Waals surface area contributed by atoms with Crippen LogP contribution in [-0.2, 0) is 0 Å². The summed E-state index contributed by atoms with van der Waals surface area (Å²) in [6.45, 7) is 0. The maximum absolute atomic E-state index is 2.42. The summed E-state index contributed by atoms with van der Waals surface area (Å²) in [5.41, 5.74) is 13.2. The van der Waals surface area contributed by atoms with E-state index in [-0.39, 0.29) is 0 Å². The molecule has 0 amide bonds. The Morgan fingerprint density at radius 3 is 1.47 bits per heavy atom. The number of thiophene rings is 1. The molecule has 11 aromatic rings. The van der Waals surface area contributed by atoms with Crippen LogP contribution in [0.3, 0.4) is 0 Å². The number of fused-ring (bicyclic) bond motifs is 6. The minimum Gasteiger partial charge on any atom is -0.310 e. The average molecular weight is 756 g/mol. The molecule has 0 aliphatic heterocycles. The molecule has 0 saturated heterocycles. The summed E-state index contributed by atoms with van der Waals surface area (Å²) in [5, 5.41) is 7.59. The van der Waals surface area contributed by atoms with Crippen molar-refractivity contribution in [3.8, 4) is 44.5 Å². The molecule has 2 heteroatoms. The molecule has 272 valence electrons. The Hall–Kier alpha value is -7.26. The van der Waals surface area contributed by atoms with E-state index in [0.717, 1.165) is 17.1 Å². The molecule has 0 bridgehead atoms. The van der Waals surface area contributed by atoms with Gasteiger partial charge in [0.05, 0.1) is 5.69 Å². The smallest absolute Gasteiger partial charge is 0.0546 e. The fourth-order valence-corrected chi connectivity index (χ4v) is 9.90. The number of hydrogen-bond donors (Lipinski definition) is 0. The zero-order valence-corrected chi connectivity index (χ0v) is 32.5. The monoisotopic (exact) mass is 755 g/mol. The van der Waals surface area contributed by atoms with Gasteiger partial charge in [-0.1, -0.05) is 188 Å². The normalized spacial score (nSPS) is 11.4. The van der Waals surface area contributed by atoms with Gasteiger partial charge < -0.3 is 4.90 Å². The molecule has 0 aliphatic carbocycles. The second-order valence-electron chi connectivity index (χ2n) is 14.9. The first-order valence-corrected chi connectivity index (χ1v) is 20.7. The zero-order valence-electron chi connectivity index (χ0n) is 31.7. The molecule has 0 atom stereocenters. The minimum absolute atomic E-state index is 1.11. The molecule has 0 fully saturated rings. The van der Waals surface area contributed by atoms with Crippen molar-refractivity contribution in [1.29, 1.82) is 0 Å². The fraction of sp³-hybridized carbons (Fsp3) is 0. The highest BCUT2D eigenvalue weighted by atomic mass is 32.1. The Balaban J connectivity index is 0.995. The highest BCUT2D eigenvalue weighted by Gasteiger charge is 2.19. The number of nitrogens with zero attached hydrogens (tertiary/aromatic N) is 1. The molecule has 1 heterocycles. The molecule has 0 N–H and O–H groups in total. The Kier molecular flexibility index (Phi) is 8.42. The van der Waals surface area contributed by atoms with E-state index in [0.29, 0.717) is 0 Å². The Labute approximate surface area is 342 Å². The average Bonchev–Trinajstić information content (AvgIpc) is 3.69. The molecule has 0 spiro atoms. The maximum atomic E-state index is 2.42. The highest BCUT2D eigenvalue weighted by molar-refractivity contribution is 7.26. The second kappa shape index (κ2) is 14.4. The highest BCUT2D eigenvalue weighted by Crippen LogP contribution is 2.44. The molecule has 0 radical (unpaired) electrons. The van der Waals surface area contributed by atoms with Crippen LogP contribution in [0.4, 0.5) is 17.1 Å². The van der Waals surface area contributed by atoms with E-state index >= 15 is 0 Å². The summed E-state index contributed by atoms with van der Waals surface area (Å²) in [7, 11) is 0. The van der Waals surface area contributed by atoms with Crippen LogP contribution < -0.4 is 4.90 Å². The predicted octanol–water partition coefficient (Wildman–Crippen LogP) is 16.5. The van der Waals surface area contributed by atoms with Crippen LogP contribution in [0.25, 0.3) is 86.2 Å². The second-order valence-corrected chi connectivity index (χ2v) is 15.9. The van der Waals surface area contributed by atoms with E-state index in [1.165, 1.54) is 86.2 Å². The van der Waals surface area contributed by atoms with Gasteiger partial charge in [0.15, 0.2) is 0 Å². The first-order valence-electron chi connectivity index (χ1n) is 19.8. The minimum atomic E-state index is 1.11. The van der Waals surface area contributed by atoms with Crippen LogP contribution in [0.2, 0.25) is 0 Å². The topological polar surface area (TPSA) is 3.24 Å². The van der Waals surface area contributed by atoms with Crippen LogP contribution in [0.1, 0.15) is 0 Å². The van der Waals surface area contributed by atoms with Crippen molar-refractivity contribution in [3.63, 3.8) is 0 Å². The number of rotatable bonds is 7. The lowest BCUT2D eigenvalue weighted by Gasteiger charge is -2.28. The summed E-state index contributed by atoms with van der Waals surface area (Å²) in [6, 6.07) is 81.8. The molecule has 11 rings (SSSR count). The first kappa shape index (κ1) is 34.0. The molecule has 1 aromatic heterocycles. The summed E-state index contributed by atoms with van der Waals surface area (Å²) in [4.78, 5) is 2.42. The molecular weight excluding hydrogens is 719 g/mol. The van der Waals surface area contributed by atoms with E-state index in [9.17, 15) is 0 Å². The van der Waals surface area contributed by atoms with Crippen molar-refractivity contribution >= 4 is 70.1 Å². The van der Waals surface area contributed by atoms with Crippen molar-refractivity contribution in [2.75, 3.05) is 4.90 Å². The van der Waals surface area contributed by atoms with Crippen molar-refractivity contribution in [3.05, 3.63) is 224 Å². The first-order chi connectivity index (χ1) is 28.8. The standard InChI is InChI=1S/C56H37NS/c1-2-13-40(14-3-1)46-16-6-7-17-47(46)41-27-25-38(26-28-41)39-29-33-44(34-30-39)57(54-37-43-15-4-5-18-48(43)50-19-8-9-20-51(50)54)45-35-31-42(32-36-45)49-22-12-23-53-52-21-10-11-24-55(52)58-56(49)53/h1-37H. The summed E-state index contributed by atoms with van der Waals surface area (Å²) < 4.78 is 2.65. The van der Waals surface area contributed by atoms with Gasteiger partial charge in [-0.25, -0.2) is 0 Å². The van der Waals surface area contributed by atoms with Gasteiger partial charge in [-0.15, -0.1) is 11.3 Å². The zero-order chi connectivity index (χ0) is 38.4. The predicted molar refractivity (Wildman–Crippen MR) is 251 cm³/mol. The van der Waals surface area contributed by atoms with Gasteiger partial charge in [0.1, 0.15) is 0 Å². The fourth-order valence-electron chi connectivity index (χ4n) is 8.66. The van der Waals surface area contributed by atoms with Gasteiger partial charge in [-0.05, 0) is 97.1 Å². The summed E-state index contributed by atoms with van der Waals surface area (Å²) in [5.74, 6) is 0. The number of benzene rings is 10. The third kappa shape index (κ3) is 5.94. The molecule has 0 unspecified atom stereocenters. The van der Waals surface area contributed by atoms with Crippen molar-refractivity contribution in [2.45, 2.75) is 0 Å². The van der Waals surface area contributed by atoms with Crippen LogP contribution in [-0.4, -0.2) is 0 Å². The number of anilines is 3. The van der Waals surface area contributed by atoms with E-state index in [4.69, 9.17) is 0 Å². The van der Waals surface area contributed by atoms with E-state index in [1.54, 1.807) is 0 Å². The Morgan fingerprint density at radius 1 is 0.293 bits per heavy atom. The largest absolute Gasteiger partial charge is 0.310 e.